The molecular formula is C22H14CoF6N2O2S4. The van der Waals surface area contributed by atoms with Crippen LogP contribution in [0.3, 0.4) is 0 Å². The summed E-state index contributed by atoms with van der Waals surface area (Å²) in [6, 6.07) is 10.8. The summed E-state index contributed by atoms with van der Waals surface area (Å²) in [6.45, 7) is 0. The van der Waals surface area contributed by atoms with Gasteiger partial charge in [-0.3, -0.25) is 9.59 Å². The average molecular weight is 640 g/mol. The number of allylic oxidation sites excluding steroid dienone is 2. The van der Waals surface area contributed by atoms with Gasteiger partial charge in [-0.25, -0.2) is 0 Å². The van der Waals surface area contributed by atoms with Crippen LogP contribution < -0.4 is 0 Å². The van der Waals surface area contributed by atoms with E-state index in [-0.39, 0.29) is 26.8 Å². The van der Waals surface area contributed by atoms with Crippen LogP contribution in [-0.2, 0) is 26.4 Å². The number of benzene rings is 2. The zero-order chi connectivity index (χ0) is 26.7. The first kappa shape index (κ1) is 31.6. The Morgan fingerprint density at radius 2 is 1.08 bits per heavy atom. The first-order valence-electron chi connectivity index (χ1n) is 9.61. The van der Waals surface area contributed by atoms with Crippen LogP contribution >= 0.6 is 47.0 Å². The number of carbonyl (C=O) groups is 2. The molecule has 0 saturated heterocycles. The molecule has 2 aliphatic heterocycles. The summed E-state index contributed by atoms with van der Waals surface area (Å²) in [5, 5.41) is 8.10. The van der Waals surface area contributed by atoms with Gasteiger partial charge in [-0.05, 0) is 58.7 Å². The van der Waals surface area contributed by atoms with Gasteiger partial charge in [0.1, 0.15) is 0 Å². The largest absolute Gasteiger partial charge is 2.00 e. The number of halogens is 6. The molecule has 2 aliphatic rings. The van der Waals surface area contributed by atoms with E-state index >= 15 is 0 Å². The van der Waals surface area contributed by atoms with Crippen LogP contribution in [0.15, 0.2) is 78.2 Å². The van der Waals surface area contributed by atoms with E-state index in [0.717, 1.165) is 43.1 Å². The van der Waals surface area contributed by atoms with Crippen LogP contribution in [0.25, 0.3) is 10.6 Å². The summed E-state index contributed by atoms with van der Waals surface area (Å²) in [5.41, 5.74) is 1.19. The number of ketones is 2. The zero-order valence-electron chi connectivity index (χ0n) is 18.6. The van der Waals surface area contributed by atoms with Crippen LogP contribution in [0.5, 0.6) is 0 Å². The van der Waals surface area contributed by atoms with E-state index in [1.54, 1.807) is 12.1 Å². The van der Waals surface area contributed by atoms with Crippen molar-refractivity contribution in [2.75, 3.05) is 12.5 Å². The van der Waals surface area contributed by atoms with Crippen LogP contribution in [0.1, 0.15) is 0 Å². The maximum absolute atomic E-state index is 12.1. The van der Waals surface area contributed by atoms with Crippen molar-refractivity contribution in [1.82, 2.24) is 0 Å². The molecule has 2 aromatic carbocycles. The van der Waals surface area contributed by atoms with Crippen LogP contribution in [0.2, 0.25) is 0 Å². The molecule has 2 aromatic rings. The smallest absolute Gasteiger partial charge is 0.651 e. The molecule has 4 rings (SSSR count). The minimum absolute atomic E-state index is 0. The molecule has 1 radical (unpaired) electrons. The molecule has 4 nitrogen and oxygen atoms in total. The molecule has 0 amide bonds. The second kappa shape index (κ2) is 12.9. The SMILES string of the molecule is CSc1ccc2c(c1)S/C(=C/C(=O)C(F)(F)F)[N-]2.CSc1ccc2c(c1)S/C(=C/C(=O)C(F)(F)F)[N-]2.[Co+2]. The molecule has 0 N–H and O–H groups in total. The third-order valence-corrected chi connectivity index (χ3v) is 7.67. The van der Waals surface area contributed by atoms with E-state index in [2.05, 4.69) is 10.6 Å². The summed E-state index contributed by atoms with van der Waals surface area (Å²) in [6.07, 6.45) is -4.82. The Bertz CT molecular complexity index is 1150. The minimum atomic E-state index is -4.84. The monoisotopic (exact) mass is 639 g/mol. The fraction of sp³-hybridized carbons (Fsp3) is 0.182. The fourth-order valence-electron chi connectivity index (χ4n) is 2.61. The van der Waals surface area contributed by atoms with Crippen molar-refractivity contribution in [1.29, 1.82) is 0 Å². The summed E-state index contributed by atoms with van der Waals surface area (Å²) >= 11 is 5.21. The maximum Gasteiger partial charge on any atom is 2.00 e. The second-order valence-electron chi connectivity index (χ2n) is 6.78. The average Bonchev–Trinajstić information content (AvgIpc) is 3.39. The molecule has 0 aliphatic carbocycles. The number of carbonyl (C=O) groups excluding carboxylic acids is 2. The number of fused-ring (bicyclic) bond motifs is 2. The summed E-state index contributed by atoms with van der Waals surface area (Å²) in [4.78, 5) is 25.2. The van der Waals surface area contributed by atoms with E-state index in [4.69, 9.17) is 0 Å². The van der Waals surface area contributed by atoms with Crippen molar-refractivity contribution in [2.24, 2.45) is 0 Å². The summed E-state index contributed by atoms with van der Waals surface area (Å²) in [5.74, 6) is -3.77. The Morgan fingerprint density at radius 3 is 1.38 bits per heavy atom. The van der Waals surface area contributed by atoms with Gasteiger partial charge in [0, 0.05) is 9.79 Å². The topological polar surface area (TPSA) is 62.3 Å². The normalized spacial score (nSPS) is 16.1. The van der Waals surface area contributed by atoms with Gasteiger partial charge in [0.15, 0.2) is 0 Å². The maximum atomic E-state index is 12.1. The molecule has 15 heteroatoms. The number of hydrogen-bond donors (Lipinski definition) is 0. The van der Waals surface area contributed by atoms with Gasteiger partial charge in [0.25, 0.3) is 11.6 Å². The minimum Gasteiger partial charge on any atom is -0.651 e. The van der Waals surface area contributed by atoms with Gasteiger partial charge >= 0.3 is 29.1 Å². The van der Waals surface area contributed by atoms with Crippen molar-refractivity contribution in [3.05, 3.63) is 69.2 Å². The molecule has 2 heterocycles. The predicted molar refractivity (Wildman–Crippen MR) is 132 cm³/mol. The van der Waals surface area contributed by atoms with Crippen molar-refractivity contribution in [3.8, 4) is 0 Å². The van der Waals surface area contributed by atoms with Gasteiger partial charge in [-0.2, -0.15) is 26.3 Å². The van der Waals surface area contributed by atoms with E-state index in [0.29, 0.717) is 23.5 Å². The Hall–Kier alpha value is -1.65. The predicted octanol–water partition coefficient (Wildman–Crippen LogP) is 8.98. The standard InChI is InChI=1S/2C11H8F3NOS2.Co/c2*1-17-6-2-3-7-8(4-6)18-10(15-7)5-9(16)11(12,13)14;/h2*2-5H,1H3,(H,15,16);/q;;+2/p-2. The van der Waals surface area contributed by atoms with E-state index in [1.807, 2.05) is 36.8 Å². The van der Waals surface area contributed by atoms with Crippen molar-refractivity contribution in [2.45, 2.75) is 31.9 Å². The number of alkyl halides is 6. The first-order valence-corrected chi connectivity index (χ1v) is 13.7. The van der Waals surface area contributed by atoms with Crippen LogP contribution in [-0.4, -0.2) is 36.4 Å². The molecule has 199 valence electrons. The quantitative estimate of drug-likeness (QED) is 0.189. The summed E-state index contributed by atoms with van der Waals surface area (Å²) in [7, 11) is 0. The van der Waals surface area contributed by atoms with Gasteiger partial charge in [-0.1, -0.05) is 22.2 Å². The third-order valence-electron chi connectivity index (χ3n) is 4.29. The number of thioether (sulfide) groups is 4. The molecule has 0 saturated carbocycles. The molecule has 37 heavy (non-hydrogen) atoms. The Morgan fingerprint density at radius 1 is 0.730 bits per heavy atom. The van der Waals surface area contributed by atoms with Crippen molar-refractivity contribution >= 4 is 70.0 Å². The van der Waals surface area contributed by atoms with Crippen LogP contribution in [0, 0.1) is 0 Å². The molecule has 0 fully saturated rings. The van der Waals surface area contributed by atoms with Crippen molar-refractivity contribution < 1.29 is 52.7 Å². The molecular weight excluding hydrogens is 625 g/mol. The number of hydrogen-bond acceptors (Lipinski definition) is 6. The van der Waals surface area contributed by atoms with E-state index < -0.39 is 23.9 Å². The first-order chi connectivity index (χ1) is 16.8. The van der Waals surface area contributed by atoms with Crippen molar-refractivity contribution in [3.63, 3.8) is 0 Å². The molecule has 0 atom stereocenters. The van der Waals surface area contributed by atoms with Crippen LogP contribution in [0.4, 0.5) is 37.7 Å². The molecule has 0 aromatic heterocycles. The summed E-state index contributed by atoms with van der Waals surface area (Å²) < 4.78 is 72.6. The molecule has 0 unspecified atom stereocenters. The van der Waals surface area contributed by atoms with E-state index in [1.165, 1.54) is 23.5 Å². The van der Waals surface area contributed by atoms with Gasteiger partial charge in [0.05, 0.1) is 0 Å². The fourth-order valence-corrected chi connectivity index (χ4v) is 5.52. The van der Waals surface area contributed by atoms with Gasteiger partial charge < -0.3 is 10.6 Å². The Labute approximate surface area is 235 Å². The third kappa shape index (κ3) is 8.68. The van der Waals surface area contributed by atoms with Gasteiger partial charge in [0.2, 0.25) is 0 Å². The van der Waals surface area contributed by atoms with E-state index in [9.17, 15) is 35.9 Å². The molecule has 0 bridgehead atoms. The Kier molecular flexibility index (Phi) is 11.0. The second-order valence-corrected chi connectivity index (χ2v) is 10.7. The number of rotatable bonds is 4. The number of nitrogens with zero attached hydrogens (tertiary/aromatic N) is 2. The zero-order valence-corrected chi connectivity index (χ0v) is 22.9. The van der Waals surface area contributed by atoms with Gasteiger partial charge in [-0.15, -0.1) is 58.4 Å². The molecule has 0 spiro atoms. The Balaban J connectivity index is 0.000000253.